The summed E-state index contributed by atoms with van der Waals surface area (Å²) in [6, 6.07) is 70.2. The van der Waals surface area contributed by atoms with E-state index >= 15 is 0 Å². The summed E-state index contributed by atoms with van der Waals surface area (Å²) < 4.78 is 13.8. The van der Waals surface area contributed by atoms with E-state index in [4.69, 9.17) is 8.83 Å². The van der Waals surface area contributed by atoms with Crippen molar-refractivity contribution in [2.75, 3.05) is 0 Å². The SMILES string of the molecule is c1ccc2c(-c3c4ccccc4c(-c4ccc(-c5c6oc7ccccc7c6cc6c5oc5ccc7ccccc7c56)c5ccccc45)c4ccccc34)cccc2c1. The van der Waals surface area contributed by atoms with E-state index in [1.54, 1.807) is 0 Å². The van der Waals surface area contributed by atoms with Crippen LogP contribution >= 0.6 is 0 Å². The van der Waals surface area contributed by atoms with Crippen molar-refractivity contribution in [3.05, 3.63) is 194 Å². The highest BCUT2D eigenvalue weighted by Crippen LogP contribution is 2.51. The Morgan fingerprint density at radius 3 is 1.34 bits per heavy atom. The van der Waals surface area contributed by atoms with Crippen molar-refractivity contribution in [1.82, 2.24) is 0 Å². The highest BCUT2D eigenvalue weighted by atomic mass is 16.3. The third-order valence-electron chi connectivity index (χ3n) is 12.4. The van der Waals surface area contributed by atoms with Crippen LogP contribution in [-0.4, -0.2) is 0 Å². The van der Waals surface area contributed by atoms with Gasteiger partial charge in [0.05, 0.1) is 5.56 Å². The second-order valence-corrected chi connectivity index (χ2v) is 15.4. The largest absolute Gasteiger partial charge is 0.455 e. The van der Waals surface area contributed by atoms with Gasteiger partial charge in [-0.2, -0.15) is 0 Å². The molecule has 0 aliphatic carbocycles. The van der Waals surface area contributed by atoms with Crippen LogP contribution in [0.4, 0.5) is 0 Å². The molecule has 0 spiro atoms. The van der Waals surface area contributed by atoms with E-state index in [9.17, 15) is 0 Å². The van der Waals surface area contributed by atoms with Crippen LogP contribution in [0.15, 0.2) is 203 Å². The smallest absolute Gasteiger partial charge is 0.147 e. The molecule has 2 aromatic heterocycles. The van der Waals surface area contributed by atoms with Gasteiger partial charge in [0.2, 0.25) is 0 Å². The van der Waals surface area contributed by atoms with Crippen LogP contribution in [0.2, 0.25) is 0 Å². The van der Waals surface area contributed by atoms with E-state index in [2.05, 4.69) is 188 Å². The maximum absolute atomic E-state index is 6.96. The van der Waals surface area contributed by atoms with Gasteiger partial charge in [-0.25, -0.2) is 0 Å². The normalized spacial score (nSPS) is 12.1. The Morgan fingerprint density at radius 2 is 0.690 bits per heavy atom. The Bertz CT molecular complexity index is 3800. The fourth-order valence-corrected chi connectivity index (χ4v) is 9.99. The fraction of sp³-hybridized carbons (Fsp3) is 0. The molecule has 2 nitrogen and oxygen atoms in total. The molecule has 0 aliphatic heterocycles. The second-order valence-electron chi connectivity index (χ2n) is 15.4. The van der Waals surface area contributed by atoms with E-state index in [1.807, 2.05) is 6.07 Å². The van der Waals surface area contributed by atoms with Gasteiger partial charge in [0.25, 0.3) is 0 Å². The molecule has 0 N–H and O–H groups in total. The molecule has 0 bridgehead atoms. The first kappa shape index (κ1) is 31.5. The molecule has 2 heteroatoms. The maximum atomic E-state index is 6.96. The van der Waals surface area contributed by atoms with Gasteiger partial charge in [-0.15, -0.1) is 0 Å². The zero-order chi connectivity index (χ0) is 37.9. The third-order valence-corrected chi connectivity index (χ3v) is 12.4. The molecule has 13 rings (SSSR count). The van der Waals surface area contributed by atoms with Gasteiger partial charge < -0.3 is 8.83 Å². The Balaban J connectivity index is 1.15. The van der Waals surface area contributed by atoms with Crippen molar-refractivity contribution in [3.8, 4) is 33.4 Å². The van der Waals surface area contributed by atoms with Gasteiger partial charge in [0, 0.05) is 21.5 Å². The maximum Gasteiger partial charge on any atom is 0.147 e. The minimum Gasteiger partial charge on any atom is -0.455 e. The summed E-state index contributed by atoms with van der Waals surface area (Å²) in [6.45, 7) is 0. The molecule has 11 aromatic carbocycles. The lowest BCUT2D eigenvalue weighted by Gasteiger charge is -2.20. The molecule has 2 heterocycles. The molecule has 0 radical (unpaired) electrons. The van der Waals surface area contributed by atoms with Crippen LogP contribution in [-0.2, 0) is 0 Å². The molecular weight excluding hydrogens is 705 g/mol. The number of fused-ring (bicyclic) bond motifs is 12. The lowest BCUT2D eigenvalue weighted by molar-refractivity contribution is 0.658. The quantitative estimate of drug-likeness (QED) is 0.169. The highest BCUT2D eigenvalue weighted by molar-refractivity contribution is 6.30. The minimum absolute atomic E-state index is 0.838. The molecule has 268 valence electrons. The molecular formula is C56H32O2. The summed E-state index contributed by atoms with van der Waals surface area (Å²) in [5.74, 6) is 0. The van der Waals surface area contributed by atoms with Crippen molar-refractivity contribution in [2.24, 2.45) is 0 Å². The first-order valence-corrected chi connectivity index (χ1v) is 19.9. The predicted octanol–water partition coefficient (Wildman–Crippen LogP) is 16.3. The standard InChI is InChI=1S/C56H32O2/c1-3-17-35-33(14-1)16-13-26-40(35)51-41-22-7-9-24-43(41)52(44-25-10-8-23-42(44)51)45-29-30-46(38-20-6-5-19-37(38)45)54-55-47(39-21-11-12-27-49(39)57-55)32-48-53-36-18-4-2-15-34(36)28-31-50(53)58-56(48)54/h1-32H. The van der Waals surface area contributed by atoms with Crippen LogP contribution in [0.1, 0.15) is 0 Å². The van der Waals surface area contributed by atoms with Gasteiger partial charge in [0.1, 0.15) is 22.3 Å². The van der Waals surface area contributed by atoms with Crippen LogP contribution in [0.3, 0.4) is 0 Å². The summed E-state index contributed by atoms with van der Waals surface area (Å²) in [5.41, 5.74) is 10.4. The molecule has 0 saturated heterocycles. The molecule has 0 fully saturated rings. The summed E-state index contributed by atoms with van der Waals surface area (Å²) in [5, 5.41) is 16.5. The average molecular weight is 737 g/mol. The van der Waals surface area contributed by atoms with Gasteiger partial charge in [-0.3, -0.25) is 0 Å². The number of furan rings is 2. The topological polar surface area (TPSA) is 26.3 Å². The summed E-state index contributed by atoms with van der Waals surface area (Å²) in [4.78, 5) is 0. The van der Waals surface area contributed by atoms with Crippen LogP contribution in [0.5, 0.6) is 0 Å². The fourth-order valence-electron chi connectivity index (χ4n) is 9.99. The Kier molecular flexibility index (Phi) is 6.47. The molecule has 0 aliphatic rings. The van der Waals surface area contributed by atoms with Gasteiger partial charge in [0.15, 0.2) is 0 Å². The van der Waals surface area contributed by atoms with Crippen LogP contribution in [0.25, 0.3) is 131 Å². The van der Waals surface area contributed by atoms with Crippen molar-refractivity contribution >= 4 is 97.7 Å². The van der Waals surface area contributed by atoms with Gasteiger partial charge in [-0.1, -0.05) is 176 Å². The average Bonchev–Trinajstić information content (AvgIpc) is 3.85. The predicted molar refractivity (Wildman–Crippen MR) is 245 cm³/mol. The lowest BCUT2D eigenvalue weighted by atomic mass is 9.83. The molecule has 0 unspecified atom stereocenters. The Hall–Kier alpha value is -7.68. The first-order chi connectivity index (χ1) is 28.8. The number of rotatable bonds is 3. The summed E-state index contributed by atoms with van der Waals surface area (Å²) in [6.07, 6.45) is 0. The van der Waals surface area contributed by atoms with Crippen molar-refractivity contribution in [3.63, 3.8) is 0 Å². The summed E-state index contributed by atoms with van der Waals surface area (Å²) in [7, 11) is 0. The number of benzene rings is 11. The van der Waals surface area contributed by atoms with E-state index in [1.165, 1.54) is 70.7 Å². The zero-order valence-electron chi connectivity index (χ0n) is 31.3. The molecule has 0 atom stereocenters. The van der Waals surface area contributed by atoms with E-state index in [0.717, 1.165) is 60.4 Å². The molecule has 58 heavy (non-hydrogen) atoms. The monoisotopic (exact) mass is 736 g/mol. The van der Waals surface area contributed by atoms with Crippen LogP contribution in [0, 0.1) is 0 Å². The third kappa shape index (κ3) is 4.32. The van der Waals surface area contributed by atoms with Crippen molar-refractivity contribution in [1.29, 1.82) is 0 Å². The van der Waals surface area contributed by atoms with Gasteiger partial charge in [-0.05, 0) is 99.9 Å². The lowest BCUT2D eigenvalue weighted by Crippen LogP contribution is -1.93. The first-order valence-electron chi connectivity index (χ1n) is 19.9. The summed E-state index contributed by atoms with van der Waals surface area (Å²) >= 11 is 0. The van der Waals surface area contributed by atoms with E-state index in [0.29, 0.717) is 0 Å². The molecule has 0 amide bonds. The van der Waals surface area contributed by atoms with Crippen LogP contribution < -0.4 is 0 Å². The number of hydrogen-bond donors (Lipinski definition) is 0. The Morgan fingerprint density at radius 1 is 0.241 bits per heavy atom. The zero-order valence-corrected chi connectivity index (χ0v) is 31.3. The van der Waals surface area contributed by atoms with Gasteiger partial charge >= 0.3 is 0 Å². The minimum atomic E-state index is 0.838. The molecule has 0 saturated carbocycles. The number of para-hydroxylation sites is 1. The highest BCUT2D eigenvalue weighted by Gasteiger charge is 2.25. The van der Waals surface area contributed by atoms with E-state index < -0.39 is 0 Å². The van der Waals surface area contributed by atoms with Crippen molar-refractivity contribution < 1.29 is 8.83 Å². The Labute approximate surface area is 332 Å². The van der Waals surface area contributed by atoms with E-state index in [-0.39, 0.29) is 0 Å². The second kappa shape index (κ2) is 11.9. The number of hydrogen-bond acceptors (Lipinski definition) is 2. The molecule has 13 aromatic rings. The van der Waals surface area contributed by atoms with Crippen molar-refractivity contribution in [2.45, 2.75) is 0 Å².